The Labute approximate surface area is 64.1 Å². The van der Waals surface area contributed by atoms with Crippen molar-refractivity contribution < 1.29 is 20.4 Å². The monoisotopic (exact) mass is 163 g/mol. The minimum atomic E-state index is -1.23. The Bertz CT molecular complexity index is 129. The van der Waals surface area contributed by atoms with Crippen LogP contribution in [0.5, 0.6) is 0 Å². The van der Waals surface area contributed by atoms with E-state index in [9.17, 15) is 0 Å². The van der Waals surface area contributed by atoms with E-state index >= 15 is 0 Å². The molecule has 66 valence electrons. The van der Waals surface area contributed by atoms with Gasteiger partial charge in [-0.2, -0.15) is 0 Å². The first-order valence-corrected chi connectivity index (χ1v) is 3.50. The highest BCUT2D eigenvalue weighted by Crippen LogP contribution is 2.25. The first-order chi connectivity index (χ1) is 5.09. The number of hydrogen-bond acceptors (Lipinski definition) is 5. The zero-order valence-corrected chi connectivity index (χ0v) is 5.96. The second-order valence-electron chi connectivity index (χ2n) is 2.90. The van der Waals surface area contributed by atoms with Crippen molar-refractivity contribution in [1.82, 2.24) is 0 Å². The second kappa shape index (κ2) is 3.04. The molecule has 6 N–H and O–H groups in total. The van der Waals surface area contributed by atoms with E-state index in [1.807, 2.05) is 0 Å². The zero-order valence-electron chi connectivity index (χ0n) is 5.96. The van der Waals surface area contributed by atoms with E-state index in [2.05, 4.69) is 0 Å². The van der Waals surface area contributed by atoms with Gasteiger partial charge in [-0.1, -0.05) is 0 Å². The minimum absolute atomic E-state index is 0.323. The largest absolute Gasteiger partial charge is 0.396 e. The van der Waals surface area contributed by atoms with Gasteiger partial charge in [-0.25, -0.2) is 0 Å². The lowest BCUT2D eigenvalue weighted by atomic mass is 10.0. The van der Waals surface area contributed by atoms with Gasteiger partial charge in [0, 0.05) is 12.0 Å². The van der Waals surface area contributed by atoms with Gasteiger partial charge >= 0.3 is 0 Å². The third-order valence-corrected chi connectivity index (χ3v) is 2.24. The molecule has 1 fully saturated rings. The Morgan fingerprint density at radius 2 is 1.55 bits per heavy atom. The molecular formula is C6H13NO4. The fourth-order valence-corrected chi connectivity index (χ4v) is 1.39. The third kappa shape index (κ3) is 1.25. The van der Waals surface area contributed by atoms with E-state index < -0.39 is 30.3 Å². The maximum absolute atomic E-state index is 9.15. The fourth-order valence-electron chi connectivity index (χ4n) is 1.39. The first kappa shape index (κ1) is 8.89. The van der Waals surface area contributed by atoms with Crippen LogP contribution in [-0.4, -0.2) is 51.4 Å². The van der Waals surface area contributed by atoms with Gasteiger partial charge in [-0.05, 0) is 0 Å². The van der Waals surface area contributed by atoms with Crippen LogP contribution in [0.15, 0.2) is 0 Å². The molecule has 0 aromatic heterocycles. The predicted octanol–water partition coefficient (Wildman–Crippen LogP) is -2.98. The Morgan fingerprint density at radius 3 is 1.73 bits per heavy atom. The molecule has 5 heteroatoms. The highest BCUT2D eigenvalue weighted by molar-refractivity contribution is 4.99. The molecule has 0 aliphatic heterocycles. The smallest absolute Gasteiger partial charge is 0.108 e. The maximum atomic E-state index is 9.15. The minimum Gasteiger partial charge on any atom is -0.396 e. The molecule has 5 atom stereocenters. The van der Waals surface area contributed by atoms with Gasteiger partial charge in [0.2, 0.25) is 0 Å². The Morgan fingerprint density at radius 1 is 1.00 bits per heavy atom. The lowest BCUT2D eigenvalue weighted by molar-refractivity contribution is -0.0307. The van der Waals surface area contributed by atoms with Crippen LogP contribution in [0.2, 0.25) is 0 Å². The SMILES string of the molecule is N[C@H]1[C@H](O)[C@@H](O)[C@H](O)[C@H]1CO. The summed E-state index contributed by atoms with van der Waals surface area (Å²) >= 11 is 0. The molecule has 0 spiro atoms. The molecule has 1 aliphatic carbocycles. The number of aliphatic hydroxyl groups is 4. The summed E-state index contributed by atoms with van der Waals surface area (Å²) < 4.78 is 0. The molecule has 0 heterocycles. The van der Waals surface area contributed by atoms with Crippen molar-refractivity contribution in [2.24, 2.45) is 11.7 Å². The first-order valence-electron chi connectivity index (χ1n) is 3.50. The molecule has 1 saturated carbocycles. The second-order valence-corrected chi connectivity index (χ2v) is 2.90. The average Bonchev–Trinajstić information content (AvgIpc) is 2.17. The van der Waals surface area contributed by atoms with Crippen LogP contribution in [0.3, 0.4) is 0 Å². The van der Waals surface area contributed by atoms with E-state index in [0.717, 1.165) is 0 Å². The van der Waals surface area contributed by atoms with Crippen LogP contribution >= 0.6 is 0 Å². The molecule has 0 aromatic carbocycles. The Kier molecular flexibility index (Phi) is 2.46. The van der Waals surface area contributed by atoms with Crippen LogP contribution in [0.1, 0.15) is 0 Å². The van der Waals surface area contributed by atoms with Crippen molar-refractivity contribution >= 4 is 0 Å². The molecule has 1 aliphatic rings. The summed E-state index contributed by atoms with van der Waals surface area (Å²) in [5, 5.41) is 36.0. The molecule has 5 nitrogen and oxygen atoms in total. The van der Waals surface area contributed by atoms with Crippen LogP contribution in [0.25, 0.3) is 0 Å². The van der Waals surface area contributed by atoms with Crippen LogP contribution in [-0.2, 0) is 0 Å². The molecule has 0 amide bonds. The molecule has 11 heavy (non-hydrogen) atoms. The van der Waals surface area contributed by atoms with Crippen molar-refractivity contribution in [2.45, 2.75) is 24.4 Å². The summed E-state index contributed by atoms with van der Waals surface area (Å²) in [6.45, 7) is -0.323. The van der Waals surface area contributed by atoms with Crippen LogP contribution in [0.4, 0.5) is 0 Å². The van der Waals surface area contributed by atoms with Crippen LogP contribution < -0.4 is 5.73 Å². The number of nitrogens with two attached hydrogens (primary N) is 1. The third-order valence-electron chi connectivity index (χ3n) is 2.24. The lowest BCUT2D eigenvalue weighted by Crippen LogP contribution is -2.39. The topological polar surface area (TPSA) is 107 Å². The number of hydrogen-bond donors (Lipinski definition) is 5. The van der Waals surface area contributed by atoms with E-state index in [1.54, 1.807) is 0 Å². The van der Waals surface area contributed by atoms with E-state index in [-0.39, 0.29) is 6.61 Å². The summed E-state index contributed by atoms with van der Waals surface area (Å²) in [4.78, 5) is 0. The van der Waals surface area contributed by atoms with Gasteiger partial charge < -0.3 is 26.2 Å². The summed E-state index contributed by atoms with van der Waals surface area (Å²) in [5.74, 6) is -0.625. The van der Waals surface area contributed by atoms with Gasteiger partial charge in [0.05, 0.1) is 18.8 Å². The number of rotatable bonds is 1. The summed E-state index contributed by atoms with van der Waals surface area (Å²) in [6, 6.07) is -0.745. The van der Waals surface area contributed by atoms with E-state index in [4.69, 9.17) is 26.2 Å². The van der Waals surface area contributed by atoms with Gasteiger partial charge in [0.25, 0.3) is 0 Å². The van der Waals surface area contributed by atoms with Gasteiger partial charge in [0.15, 0.2) is 0 Å². The van der Waals surface area contributed by atoms with E-state index in [0.29, 0.717) is 0 Å². The highest BCUT2D eigenvalue weighted by atomic mass is 16.4. The van der Waals surface area contributed by atoms with E-state index in [1.165, 1.54) is 0 Å². The summed E-state index contributed by atoms with van der Waals surface area (Å²) in [6.07, 6.45) is -3.49. The Hall–Kier alpha value is -0.200. The quantitative estimate of drug-likeness (QED) is 0.283. The summed E-state index contributed by atoms with van der Waals surface area (Å²) in [7, 11) is 0. The zero-order chi connectivity index (χ0) is 8.59. The lowest BCUT2D eigenvalue weighted by Gasteiger charge is -2.15. The normalized spacial score (nSPS) is 51.5. The molecule has 0 unspecified atom stereocenters. The average molecular weight is 163 g/mol. The number of aliphatic hydroxyl groups excluding tert-OH is 4. The van der Waals surface area contributed by atoms with Crippen molar-refractivity contribution in [3.8, 4) is 0 Å². The van der Waals surface area contributed by atoms with Crippen LogP contribution in [0, 0.1) is 5.92 Å². The Balaban J connectivity index is 2.69. The molecule has 1 rings (SSSR count). The van der Waals surface area contributed by atoms with Gasteiger partial charge in [-0.15, -0.1) is 0 Å². The summed E-state index contributed by atoms with van der Waals surface area (Å²) in [5.41, 5.74) is 5.38. The molecular weight excluding hydrogens is 150 g/mol. The molecule has 0 radical (unpaired) electrons. The van der Waals surface area contributed by atoms with Crippen molar-refractivity contribution in [3.05, 3.63) is 0 Å². The standard InChI is InChI=1S/C6H13NO4/c7-3-2(1-8)4(9)6(11)5(3)10/h2-6,8-11H,1,7H2/t2-,3+,4+,5-,6-/m0/s1. The molecule has 0 saturated heterocycles. The molecule has 0 bridgehead atoms. The molecule has 0 aromatic rings. The van der Waals surface area contributed by atoms with Gasteiger partial charge in [-0.3, -0.25) is 0 Å². The predicted molar refractivity (Wildman–Crippen MR) is 36.6 cm³/mol. The van der Waals surface area contributed by atoms with Crippen molar-refractivity contribution in [3.63, 3.8) is 0 Å². The fraction of sp³-hybridized carbons (Fsp3) is 1.00. The highest BCUT2D eigenvalue weighted by Gasteiger charge is 2.46. The maximum Gasteiger partial charge on any atom is 0.108 e. The van der Waals surface area contributed by atoms with Crippen molar-refractivity contribution in [2.75, 3.05) is 6.61 Å². The van der Waals surface area contributed by atoms with Gasteiger partial charge in [0.1, 0.15) is 6.10 Å². The van der Waals surface area contributed by atoms with Crippen molar-refractivity contribution in [1.29, 1.82) is 0 Å².